The summed E-state index contributed by atoms with van der Waals surface area (Å²) < 4.78 is 5.42. The molecule has 3 N–H and O–H groups in total. The number of hydrogen-bond acceptors (Lipinski definition) is 3. The number of amides is 1. The molecule has 0 saturated carbocycles. The molecule has 0 aliphatic carbocycles. The van der Waals surface area contributed by atoms with Crippen LogP contribution in [0.4, 0.5) is 0 Å². The van der Waals surface area contributed by atoms with Gasteiger partial charge in [-0.25, -0.2) is 0 Å². The number of ether oxygens (including phenoxy) is 1. The van der Waals surface area contributed by atoms with Crippen LogP contribution in [0.1, 0.15) is 45.1 Å². The van der Waals surface area contributed by atoms with Gasteiger partial charge in [0.2, 0.25) is 0 Å². The molecule has 134 valence electrons. The van der Waals surface area contributed by atoms with Crippen molar-refractivity contribution in [3.63, 3.8) is 0 Å². The highest BCUT2D eigenvalue weighted by molar-refractivity contribution is 7.80. The second-order valence-electron chi connectivity index (χ2n) is 6.09. The number of hydrazine groups is 1. The van der Waals surface area contributed by atoms with Gasteiger partial charge in [-0.05, 0) is 49.2 Å². The molecular formula is C18H29N3O2S. The smallest absolute Gasteiger partial charge is 0.276 e. The lowest BCUT2D eigenvalue weighted by atomic mass is 10.0. The van der Waals surface area contributed by atoms with Gasteiger partial charge in [-0.15, -0.1) is 0 Å². The van der Waals surface area contributed by atoms with Crippen molar-refractivity contribution in [2.45, 2.75) is 46.5 Å². The van der Waals surface area contributed by atoms with Crippen molar-refractivity contribution < 1.29 is 9.53 Å². The van der Waals surface area contributed by atoms with Gasteiger partial charge < -0.3 is 10.1 Å². The fraction of sp³-hybridized carbons (Fsp3) is 0.556. The highest BCUT2D eigenvalue weighted by Crippen LogP contribution is 2.11. The summed E-state index contributed by atoms with van der Waals surface area (Å²) in [5.41, 5.74) is 6.31. The van der Waals surface area contributed by atoms with E-state index in [9.17, 15) is 4.79 Å². The Morgan fingerprint density at radius 3 is 2.79 bits per heavy atom. The SMILES string of the molecule is CCCCC[C@H](C)CNC(=S)NNC(=O)COc1cccc(C)c1. The van der Waals surface area contributed by atoms with E-state index >= 15 is 0 Å². The maximum absolute atomic E-state index is 11.7. The van der Waals surface area contributed by atoms with E-state index < -0.39 is 0 Å². The first-order valence-electron chi connectivity index (χ1n) is 8.53. The predicted octanol–water partition coefficient (Wildman–Crippen LogP) is 3.09. The monoisotopic (exact) mass is 351 g/mol. The van der Waals surface area contributed by atoms with E-state index in [1.54, 1.807) is 0 Å². The number of thiocarbonyl (C=S) groups is 1. The zero-order valence-electron chi connectivity index (χ0n) is 14.9. The minimum Gasteiger partial charge on any atom is -0.484 e. The average molecular weight is 352 g/mol. The van der Waals surface area contributed by atoms with Crippen LogP contribution in [-0.4, -0.2) is 24.2 Å². The third-order valence-corrected chi connectivity index (χ3v) is 3.83. The van der Waals surface area contributed by atoms with Gasteiger partial charge in [0.05, 0.1) is 0 Å². The molecule has 0 fully saturated rings. The number of unbranched alkanes of at least 4 members (excludes halogenated alkanes) is 2. The number of carbonyl (C=O) groups is 1. The van der Waals surface area contributed by atoms with Crippen LogP contribution in [0.5, 0.6) is 5.75 Å². The number of rotatable bonds is 9. The first-order valence-corrected chi connectivity index (χ1v) is 8.94. The average Bonchev–Trinajstić information content (AvgIpc) is 2.56. The Morgan fingerprint density at radius 1 is 1.29 bits per heavy atom. The minimum atomic E-state index is -0.281. The highest BCUT2D eigenvalue weighted by atomic mass is 32.1. The van der Waals surface area contributed by atoms with Crippen LogP contribution in [0.15, 0.2) is 24.3 Å². The van der Waals surface area contributed by atoms with E-state index in [0.717, 1.165) is 12.1 Å². The molecule has 0 radical (unpaired) electrons. The molecule has 0 aliphatic heterocycles. The fourth-order valence-corrected chi connectivity index (χ4v) is 2.31. The van der Waals surface area contributed by atoms with Crippen LogP contribution in [0.2, 0.25) is 0 Å². The third-order valence-electron chi connectivity index (χ3n) is 3.59. The molecular weight excluding hydrogens is 322 g/mol. The summed E-state index contributed by atoms with van der Waals surface area (Å²) in [5.74, 6) is 0.945. The quantitative estimate of drug-likeness (QED) is 0.362. The molecule has 0 spiro atoms. The van der Waals surface area contributed by atoms with Crippen LogP contribution in [-0.2, 0) is 4.79 Å². The van der Waals surface area contributed by atoms with Gasteiger partial charge in [-0.2, -0.15) is 0 Å². The van der Waals surface area contributed by atoms with Gasteiger partial charge in [-0.1, -0.05) is 45.2 Å². The Balaban J connectivity index is 2.13. The predicted molar refractivity (Wildman–Crippen MR) is 102 cm³/mol. The van der Waals surface area contributed by atoms with Crippen LogP contribution < -0.4 is 20.9 Å². The molecule has 1 aromatic rings. The lowest BCUT2D eigenvalue weighted by Gasteiger charge is -2.15. The van der Waals surface area contributed by atoms with E-state index in [2.05, 4.69) is 30.0 Å². The number of aryl methyl sites for hydroxylation is 1. The number of benzene rings is 1. The van der Waals surface area contributed by atoms with Gasteiger partial charge >= 0.3 is 0 Å². The van der Waals surface area contributed by atoms with Crippen LogP contribution >= 0.6 is 12.2 Å². The largest absolute Gasteiger partial charge is 0.484 e. The minimum absolute atomic E-state index is 0.0630. The zero-order chi connectivity index (χ0) is 17.8. The summed E-state index contributed by atoms with van der Waals surface area (Å²) in [6, 6.07) is 7.57. The molecule has 5 nitrogen and oxygen atoms in total. The van der Waals surface area contributed by atoms with Crippen LogP contribution in [0.25, 0.3) is 0 Å². The Hall–Kier alpha value is -1.82. The number of hydrogen-bond donors (Lipinski definition) is 3. The highest BCUT2D eigenvalue weighted by Gasteiger charge is 2.05. The van der Waals surface area contributed by atoms with E-state index in [4.69, 9.17) is 17.0 Å². The van der Waals surface area contributed by atoms with Crippen LogP contribution in [0, 0.1) is 12.8 Å². The van der Waals surface area contributed by atoms with Gasteiger partial charge in [0.15, 0.2) is 11.7 Å². The summed E-state index contributed by atoms with van der Waals surface area (Å²) in [6.45, 7) is 7.10. The summed E-state index contributed by atoms with van der Waals surface area (Å²) in [6.07, 6.45) is 4.92. The molecule has 0 saturated heterocycles. The summed E-state index contributed by atoms with van der Waals surface area (Å²) >= 11 is 5.14. The first-order chi connectivity index (χ1) is 11.5. The second kappa shape index (κ2) is 11.7. The number of carbonyl (C=O) groups excluding carboxylic acids is 1. The Bertz CT molecular complexity index is 523. The fourth-order valence-electron chi connectivity index (χ4n) is 2.17. The van der Waals surface area contributed by atoms with E-state index in [1.165, 1.54) is 25.7 Å². The van der Waals surface area contributed by atoms with Crippen molar-refractivity contribution in [3.8, 4) is 5.75 Å². The Labute approximate surface area is 150 Å². The molecule has 0 heterocycles. The van der Waals surface area contributed by atoms with Crippen LogP contribution in [0.3, 0.4) is 0 Å². The van der Waals surface area contributed by atoms with Crippen molar-refractivity contribution in [2.75, 3.05) is 13.2 Å². The molecule has 6 heteroatoms. The van der Waals surface area contributed by atoms with Gasteiger partial charge in [0.25, 0.3) is 5.91 Å². The molecule has 0 unspecified atom stereocenters. The summed E-state index contributed by atoms with van der Waals surface area (Å²) in [4.78, 5) is 11.7. The molecule has 0 aliphatic rings. The van der Waals surface area contributed by atoms with Crippen molar-refractivity contribution >= 4 is 23.2 Å². The maximum Gasteiger partial charge on any atom is 0.276 e. The lowest BCUT2D eigenvalue weighted by molar-refractivity contribution is -0.123. The second-order valence-corrected chi connectivity index (χ2v) is 6.50. The van der Waals surface area contributed by atoms with E-state index in [-0.39, 0.29) is 12.5 Å². The van der Waals surface area contributed by atoms with E-state index in [0.29, 0.717) is 16.8 Å². The molecule has 1 atom stereocenters. The van der Waals surface area contributed by atoms with Crippen molar-refractivity contribution in [3.05, 3.63) is 29.8 Å². The normalized spacial score (nSPS) is 11.5. The molecule has 0 aromatic heterocycles. The molecule has 0 bridgehead atoms. The molecule has 1 amide bonds. The topological polar surface area (TPSA) is 62.4 Å². The summed E-state index contributed by atoms with van der Waals surface area (Å²) in [7, 11) is 0. The summed E-state index contributed by atoms with van der Waals surface area (Å²) in [5, 5.41) is 3.53. The van der Waals surface area contributed by atoms with Crippen molar-refractivity contribution in [2.24, 2.45) is 5.92 Å². The third kappa shape index (κ3) is 9.35. The zero-order valence-corrected chi connectivity index (χ0v) is 15.7. The standard InChI is InChI=1S/C18H29N3O2S/c1-4-5-6-8-15(3)12-19-18(24)21-20-17(22)13-23-16-10-7-9-14(2)11-16/h7,9-11,15H,4-6,8,12-13H2,1-3H3,(H,20,22)(H2,19,21,24)/t15-/m0/s1. The molecule has 1 aromatic carbocycles. The lowest BCUT2D eigenvalue weighted by Crippen LogP contribution is -2.48. The first kappa shape index (κ1) is 20.2. The Kier molecular flexibility index (Phi) is 9.84. The van der Waals surface area contributed by atoms with Gasteiger partial charge in [0.1, 0.15) is 5.75 Å². The van der Waals surface area contributed by atoms with Crippen molar-refractivity contribution in [1.82, 2.24) is 16.2 Å². The van der Waals surface area contributed by atoms with E-state index in [1.807, 2.05) is 31.2 Å². The molecule has 24 heavy (non-hydrogen) atoms. The Morgan fingerprint density at radius 2 is 2.08 bits per heavy atom. The van der Waals surface area contributed by atoms with Gasteiger partial charge in [0, 0.05) is 6.54 Å². The van der Waals surface area contributed by atoms with Gasteiger partial charge in [-0.3, -0.25) is 15.6 Å². The maximum atomic E-state index is 11.7. The number of nitrogens with one attached hydrogen (secondary N) is 3. The molecule has 1 rings (SSSR count). The van der Waals surface area contributed by atoms with Crippen molar-refractivity contribution in [1.29, 1.82) is 0 Å².